The van der Waals surface area contributed by atoms with Gasteiger partial charge < -0.3 is 5.32 Å². The molecular weight excluding hydrogens is 158 g/mol. The van der Waals surface area contributed by atoms with Crippen molar-refractivity contribution in [1.82, 2.24) is 5.32 Å². The Bertz CT molecular complexity index is 184. The van der Waals surface area contributed by atoms with E-state index in [1.54, 1.807) is 25.7 Å². The number of nitrogens with one attached hydrogen (secondary N) is 1. The van der Waals surface area contributed by atoms with Crippen molar-refractivity contribution in [2.45, 2.75) is 51.0 Å². The topological polar surface area (TPSA) is 12.0 Å². The Hall–Kier alpha value is -0.0400. The molecule has 1 heteroatoms. The van der Waals surface area contributed by atoms with Crippen LogP contribution in [0.4, 0.5) is 0 Å². The Labute approximate surface area is 81.3 Å². The van der Waals surface area contributed by atoms with E-state index in [9.17, 15) is 0 Å². The van der Waals surface area contributed by atoms with Gasteiger partial charge in [-0.05, 0) is 62.8 Å². The van der Waals surface area contributed by atoms with E-state index in [1.165, 1.54) is 25.8 Å². The third kappa shape index (κ3) is 1.52. The smallest absolute Gasteiger partial charge is 0.00702 e. The summed E-state index contributed by atoms with van der Waals surface area (Å²) in [5, 5.41) is 3.64. The third-order valence-electron chi connectivity index (χ3n) is 4.63. The van der Waals surface area contributed by atoms with Crippen LogP contribution < -0.4 is 5.32 Å². The van der Waals surface area contributed by atoms with Crippen molar-refractivity contribution in [3.8, 4) is 0 Å². The Morgan fingerprint density at radius 3 is 2.69 bits per heavy atom. The van der Waals surface area contributed by atoms with Crippen LogP contribution in [0.3, 0.4) is 0 Å². The maximum absolute atomic E-state index is 3.64. The summed E-state index contributed by atoms with van der Waals surface area (Å²) in [6.45, 7) is 1.28. The van der Waals surface area contributed by atoms with Crippen molar-refractivity contribution >= 4 is 0 Å². The molecule has 2 saturated carbocycles. The standard InChI is InChI=1S/C12H21N/c1-2-12(13-5-1)8-11-7-9-3-4-10(11)6-9/h9-13H,1-8H2/t9-,10-,11+,12-/m0/s1. The monoisotopic (exact) mass is 179 g/mol. The minimum atomic E-state index is 0.893. The van der Waals surface area contributed by atoms with Gasteiger partial charge in [-0.25, -0.2) is 0 Å². The van der Waals surface area contributed by atoms with E-state index in [0.717, 1.165) is 23.8 Å². The predicted octanol–water partition coefficient (Wildman–Crippen LogP) is 2.56. The normalized spacial score (nSPS) is 48.9. The first-order valence-corrected chi connectivity index (χ1v) is 6.15. The van der Waals surface area contributed by atoms with Gasteiger partial charge in [-0.2, -0.15) is 0 Å². The molecule has 1 nitrogen and oxygen atoms in total. The lowest BCUT2D eigenvalue weighted by Crippen LogP contribution is -2.26. The molecule has 0 unspecified atom stereocenters. The molecule has 3 aliphatic rings. The van der Waals surface area contributed by atoms with E-state index >= 15 is 0 Å². The highest BCUT2D eigenvalue weighted by Crippen LogP contribution is 2.50. The van der Waals surface area contributed by atoms with Crippen molar-refractivity contribution in [1.29, 1.82) is 0 Å². The molecular formula is C12H21N. The molecule has 0 aromatic carbocycles. The molecule has 0 spiro atoms. The molecule has 3 fully saturated rings. The second-order valence-corrected chi connectivity index (χ2v) is 5.46. The van der Waals surface area contributed by atoms with Crippen LogP contribution in [-0.4, -0.2) is 12.6 Å². The molecule has 74 valence electrons. The van der Waals surface area contributed by atoms with Gasteiger partial charge in [0.15, 0.2) is 0 Å². The minimum Gasteiger partial charge on any atom is -0.314 e. The van der Waals surface area contributed by atoms with Gasteiger partial charge in [-0.15, -0.1) is 0 Å². The van der Waals surface area contributed by atoms with Crippen molar-refractivity contribution in [3.63, 3.8) is 0 Å². The van der Waals surface area contributed by atoms with E-state index in [0.29, 0.717) is 0 Å². The average molecular weight is 179 g/mol. The number of hydrogen-bond donors (Lipinski definition) is 1. The maximum atomic E-state index is 3.64. The molecule has 2 aliphatic carbocycles. The highest BCUT2D eigenvalue weighted by atomic mass is 14.9. The number of rotatable bonds is 2. The summed E-state index contributed by atoms with van der Waals surface area (Å²) in [5.41, 5.74) is 0. The fourth-order valence-corrected chi connectivity index (χ4v) is 3.99. The largest absolute Gasteiger partial charge is 0.314 e. The molecule has 13 heavy (non-hydrogen) atoms. The summed E-state index contributed by atoms with van der Waals surface area (Å²) in [6.07, 6.45) is 10.6. The zero-order valence-electron chi connectivity index (χ0n) is 8.47. The van der Waals surface area contributed by atoms with E-state index in [1.807, 2.05) is 0 Å². The van der Waals surface area contributed by atoms with Gasteiger partial charge in [0, 0.05) is 6.04 Å². The Kier molecular flexibility index (Phi) is 2.08. The molecule has 1 N–H and O–H groups in total. The van der Waals surface area contributed by atoms with Crippen molar-refractivity contribution in [3.05, 3.63) is 0 Å². The maximum Gasteiger partial charge on any atom is 0.00702 e. The quantitative estimate of drug-likeness (QED) is 0.687. The minimum absolute atomic E-state index is 0.893. The van der Waals surface area contributed by atoms with E-state index in [-0.39, 0.29) is 0 Å². The first-order valence-electron chi connectivity index (χ1n) is 6.15. The Balaban J connectivity index is 1.55. The summed E-state index contributed by atoms with van der Waals surface area (Å²) in [5.74, 6) is 3.37. The highest BCUT2D eigenvalue weighted by Gasteiger charge is 2.40. The average Bonchev–Trinajstić information content (AvgIpc) is 2.77. The van der Waals surface area contributed by atoms with Crippen molar-refractivity contribution < 1.29 is 0 Å². The summed E-state index contributed by atoms with van der Waals surface area (Å²) >= 11 is 0. The predicted molar refractivity (Wildman–Crippen MR) is 54.6 cm³/mol. The van der Waals surface area contributed by atoms with Crippen LogP contribution in [0, 0.1) is 17.8 Å². The lowest BCUT2D eigenvalue weighted by atomic mass is 9.84. The highest BCUT2D eigenvalue weighted by molar-refractivity contribution is 4.92. The lowest BCUT2D eigenvalue weighted by Gasteiger charge is -2.24. The second-order valence-electron chi connectivity index (χ2n) is 5.46. The molecule has 3 rings (SSSR count). The van der Waals surface area contributed by atoms with Crippen LogP contribution in [0.1, 0.15) is 44.9 Å². The number of fused-ring (bicyclic) bond motifs is 2. The molecule has 1 saturated heterocycles. The van der Waals surface area contributed by atoms with Crippen LogP contribution >= 0.6 is 0 Å². The van der Waals surface area contributed by atoms with Gasteiger partial charge >= 0.3 is 0 Å². The van der Waals surface area contributed by atoms with Crippen LogP contribution in [-0.2, 0) is 0 Å². The second kappa shape index (κ2) is 3.27. The fourth-order valence-electron chi connectivity index (χ4n) is 3.99. The molecule has 2 bridgehead atoms. The van der Waals surface area contributed by atoms with Crippen LogP contribution in [0.25, 0.3) is 0 Å². The van der Waals surface area contributed by atoms with Gasteiger partial charge in [0.25, 0.3) is 0 Å². The molecule has 0 amide bonds. The molecule has 1 aliphatic heterocycles. The summed E-state index contributed by atoms with van der Waals surface area (Å²) in [4.78, 5) is 0. The van der Waals surface area contributed by atoms with Crippen molar-refractivity contribution in [2.24, 2.45) is 17.8 Å². The first-order chi connectivity index (χ1) is 6.42. The van der Waals surface area contributed by atoms with E-state index < -0.39 is 0 Å². The van der Waals surface area contributed by atoms with Gasteiger partial charge in [-0.3, -0.25) is 0 Å². The van der Waals surface area contributed by atoms with Crippen LogP contribution in [0.5, 0.6) is 0 Å². The van der Waals surface area contributed by atoms with Gasteiger partial charge in [0.2, 0.25) is 0 Å². The van der Waals surface area contributed by atoms with Gasteiger partial charge in [0.1, 0.15) is 0 Å². The fraction of sp³-hybridized carbons (Fsp3) is 1.00. The number of hydrogen-bond acceptors (Lipinski definition) is 1. The van der Waals surface area contributed by atoms with Crippen LogP contribution in [0.2, 0.25) is 0 Å². The summed E-state index contributed by atoms with van der Waals surface area (Å²) < 4.78 is 0. The Morgan fingerprint density at radius 2 is 2.08 bits per heavy atom. The molecule has 0 radical (unpaired) electrons. The molecule has 4 atom stereocenters. The molecule has 0 aromatic rings. The molecule has 0 aromatic heterocycles. The summed E-state index contributed by atoms with van der Waals surface area (Å²) in [7, 11) is 0. The zero-order valence-corrected chi connectivity index (χ0v) is 8.47. The molecule has 1 heterocycles. The van der Waals surface area contributed by atoms with Crippen molar-refractivity contribution in [2.75, 3.05) is 6.54 Å². The first kappa shape index (κ1) is 8.28. The summed E-state index contributed by atoms with van der Waals surface area (Å²) in [6, 6.07) is 0.893. The van der Waals surface area contributed by atoms with E-state index in [4.69, 9.17) is 0 Å². The lowest BCUT2D eigenvalue weighted by molar-refractivity contribution is 0.287. The Morgan fingerprint density at radius 1 is 1.08 bits per heavy atom. The van der Waals surface area contributed by atoms with Gasteiger partial charge in [-0.1, -0.05) is 6.42 Å². The van der Waals surface area contributed by atoms with Crippen LogP contribution in [0.15, 0.2) is 0 Å². The zero-order chi connectivity index (χ0) is 8.67. The van der Waals surface area contributed by atoms with E-state index in [2.05, 4.69) is 5.32 Å². The van der Waals surface area contributed by atoms with Gasteiger partial charge in [0.05, 0.1) is 0 Å². The SMILES string of the molecule is C1CN[C@H](C[C@H]2C[C@H]3CC[C@H]2C3)C1. The third-order valence-corrected chi connectivity index (χ3v) is 4.63.